The molecule has 0 aliphatic rings. The molecule has 0 aliphatic carbocycles. The van der Waals surface area contributed by atoms with Gasteiger partial charge < -0.3 is 18.2 Å². The zero-order chi connectivity index (χ0) is 9.00. The van der Waals surface area contributed by atoms with E-state index in [0.29, 0.717) is 0 Å². The van der Waals surface area contributed by atoms with E-state index in [9.17, 15) is 0 Å². The molecule has 0 heterocycles. The Hall–Kier alpha value is 2.77. The van der Waals surface area contributed by atoms with E-state index in [2.05, 4.69) is 0 Å². The van der Waals surface area contributed by atoms with E-state index in [4.69, 9.17) is 35.0 Å². The van der Waals surface area contributed by atoms with Gasteiger partial charge in [-0.25, -0.2) is 0 Å². The molecule has 13 heteroatoms. The van der Waals surface area contributed by atoms with Crippen molar-refractivity contribution in [2.75, 3.05) is 0 Å². The summed E-state index contributed by atoms with van der Waals surface area (Å²) in [7, 11) is -10.3. The van der Waals surface area contributed by atoms with Crippen LogP contribution < -0.4 is 51.4 Å². The molecule has 0 bridgehead atoms. The van der Waals surface area contributed by atoms with Crippen molar-refractivity contribution < 1.29 is 106 Å². The van der Waals surface area contributed by atoms with Crippen LogP contribution in [0, 0.1) is 0 Å². The van der Waals surface area contributed by atoms with Gasteiger partial charge >= 0.3 is 93.9 Å². The second-order valence-corrected chi connectivity index (χ2v) is 2.45. The Morgan fingerprint density at radius 3 is 0.692 bits per heavy atom. The van der Waals surface area contributed by atoms with Gasteiger partial charge in [-0.15, -0.1) is 0 Å². The Bertz CT molecular complexity index is 219. The van der Waals surface area contributed by atoms with Crippen molar-refractivity contribution in [3.63, 3.8) is 0 Å². The fourth-order valence-electron chi connectivity index (χ4n) is 0. The van der Waals surface area contributed by atoms with Gasteiger partial charge in [0.2, 0.25) is 0 Å². The number of rotatable bonds is 0. The van der Waals surface area contributed by atoms with Crippen LogP contribution in [-0.2, 0) is 40.3 Å². The van der Waals surface area contributed by atoms with Crippen LogP contribution in [0.1, 0.15) is 0 Å². The predicted octanol–water partition coefficient (Wildman–Crippen LogP) is -6.06. The smallest absolute Gasteiger partial charge is 0.759 e. The summed E-state index contributed by atoms with van der Waals surface area (Å²) in [6.07, 6.45) is 0. The zero-order valence-corrected chi connectivity index (χ0v) is 15.6. The molecule has 0 aromatic carbocycles. The first-order valence-electron chi connectivity index (χ1n) is 1.33. The van der Waals surface area contributed by atoms with Crippen LogP contribution in [0.5, 0.6) is 0 Å². The minimum atomic E-state index is -5.17. The molecule has 0 aromatic heterocycles. The monoisotopic (exact) mass is 319 g/mol. The molecule has 0 atom stereocenters. The molecule has 0 saturated carbocycles. The van der Waals surface area contributed by atoms with Crippen molar-refractivity contribution in [3.8, 4) is 0 Å². The van der Waals surface area contributed by atoms with Gasteiger partial charge in [0, 0.05) is 20.8 Å². The first kappa shape index (κ1) is 29.7. The van der Waals surface area contributed by atoms with E-state index in [1.54, 1.807) is 0 Å². The quantitative estimate of drug-likeness (QED) is 0.242. The average molecular weight is 321 g/mol. The summed E-state index contributed by atoms with van der Waals surface area (Å²) in [4.78, 5) is 0. The van der Waals surface area contributed by atoms with Gasteiger partial charge in [-0.05, 0) is 0 Å². The van der Waals surface area contributed by atoms with Gasteiger partial charge in [0.05, 0.1) is 0 Å². The maximum atomic E-state index is 8.52. The standard InChI is InChI=1S/K.Mg.2H2O4S.Zn/c;;2*1-5(2,3)4;/h;;2*(H2,1,2,3,4);/q+1;+2;;;+2/p-4. The van der Waals surface area contributed by atoms with E-state index in [1.807, 2.05) is 0 Å². The van der Waals surface area contributed by atoms with E-state index in [1.165, 1.54) is 0 Å². The number of hydrogen-bond donors (Lipinski definition) is 0. The Kier molecular flexibility index (Phi) is 29.3. The third-order valence-electron chi connectivity index (χ3n) is 0. The SMILES string of the molecule is O=S(=O)([O-])[O-].O=S(=O)([O-])[O-].[K+].[Mg+2].[Zn+2]. The van der Waals surface area contributed by atoms with Crippen LogP contribution in [0.2, 0.25) is 0 Å². The Morgan fingerprint density at radius 1 is 0.692 bits per heavy atom. The van der Waals surface area contributed by atoms with Crippen LogP contribution in [0.15, 0.2) is 0 Å². The molecule has 0 aromatic rings. The van der Waals surface area contributed by atoms with Crippen molar-refractivity contribution in [1.29, 1.82) is 0 Å². The van der Waals surface area contributed by atoms with E-state index >= 15 is 0 Å². The Labute approximate surface area is 147 Å². The Balaban J connectivity index is -0.0000000267. The van der Waals surface area contributed by atoms with Gasteiger partial charge in [-0.3, -0.25) is 16.8 Å². The van der Waals surface area contributed by atoms with Crippen molar-refractivity contribution >= 4 is 43.9 Å². The predicted molar refractivity (Wildman–Crippen MR) is 26.7 cm³/mol. The van der Waals surface area contributed by atoms with Gasteiger partial charge in [-0.2, -0.15) is 0 Å². The maximum absolute atomic E-state index is 8.52. The van der Waals surface area contributed by atoms with Crippen molar-refractivity contribution in [2.45, 2.75) is 0 Å². The first-order valence-corrected chi connectivity index (χ1v) is 4.00. The minimum absolute atomic E-state index is 0. The van der Waals surface area contributed by atoms with E-state index < -0.39 is 20.8 Å². The number of hydrogen-bond acceptors (Lipinski definition) is 8. The molecule has 0 unspecified atom stereocenters. The normalized spacial score (nSPS) is 8.92. The molecular formula is KMgO8S2Zn+. The van der Waals surface area contributed by atoms with Crippen LogP contribution in [0.4, 0.5) is 0 Å². The Morgan fingerprint density at radius 2 is 0.692 bits per heavy atom. The van der Waals surface area contributed by atoms with Crippen molar-refractivity contribution in [3.05, 3.63) is 0 Å². The summed E-state index contributed by atoms with van der Waals surface area (Å²) in [5.74, 6) is 0. The summed E-state index contributed by atoms with van der Waals surface area (Å²) in [6.45, 7) is 0. The summed E-state index contributed by atoms with van der Waals surface area (Å²) in [6, 6.07) is 0. The van der Waals surface area contributed by atoms with E-state index in [0.717, 1.165) is 0 Å². The fraction of sp³-hybridized carbons (Fsp3) is 0. The molecule has 0 spiro atoms. The van der Waals surface area contributed by atoms with Crippen LogP contribution in [0.25, 0.3) is 0 Å². The molecule has 8 nitrogen and oxygen atoms in total. The zero-order valence-electron chi connectivity index (χ0n) is 6.50. The topological polar surface area (TPSA) is 161 Å². The minimum Gasteiger partial charge on any atom is -0.759 e. The molecule has 0 radical (unpaired) electrons. The first-order chi connectivity index (χ1) is 4.00. The third-order valence-corrected chi connectivity index (χ3v) is 0. The molecule has 0 rings (SSSR count). The molecule has 0 fully saturated rings. The van der Waals surface area contributed by atoms with Crippen LogP contribution >= 0.6 is 0 Å². The molecule has 0 aliphatic heterocycles. The van der Waals surface area contributed by atoms with Crippen molar-refractivity contribution in [1.82, 2.24) is 0 Å². The van der Waals surface area contributed by atoms with Gasteiger partial charge in [0.25, 0.3) is 0 Å². The average Bonchev–Trinajstić information content (AvgIpc) is 1.12. The summed E-state index contributed by atoms with van der Waals surface area (Å²) in [5, 5.41) is 0. The molecular weight excluding hydrogens is 321 g/mol. The van der Waals surface area contributed by atoms with Crippen LogP contribution in [-0.4, -0.2) is 58.1 Å². The van der Waals surface area contributed by atoms with Gasteiger partial charge in [0.1, 0.15) is 0 Å². The van der Waals surface area contributed by atoms with E-state index in [-0.39, 0.29) is 93.9 Å². The molecule has 0 amide bonds. The molecule has 13 heavy (non-hydrogen) atoms. The summed E-state index contributed by atoms with van der Waals surface area (Å²) < 4.78 is 68.2. The second kappa shape index (κ2) is 12.8. The summed E-state index contributed by atoms with van der Waals surface area (Å²) >= 11 is 0. The maximum Gasteiger partial charge on any atom is 2.00 e. The third kappa shape index (κ3) is 315. The molecule has 64 valence electrons. The van der Waals surface area contributed by atoms with Crippen LogP contribution in [0.3, 0.4) is 0 Å². The molecule has 0 N–H and O–H groups in total. The van der Waals surface area contributed by atoms with Gasteiger partial charge in [0.15, 0.2) is 0 Å². The largest absolute Gasteiger partial charge is 2.00 e. The van der Waals surface area contributed by atoms with Gasteiger partial charge in [-0.1, -0.05) is 0 Å². The summed E-state index contributed by atoms with van der Waals surface area (Å²) in [5.41, 5.74) is 0. The molecule has 0 saturated heterocycles. The fourth-order valence-corrected chi connectivity index (χ4v) is 0. The van der Waals surface area contributed by atoms with Crippen molar-refractivity contribution in [2.24, 2.45) is 0 Å². The second-order valence-electron chi connectivity index (χ2n) is 0.816.